The van der Waals surface area contributed by atoms with Gasteiger partial charge in [0.25, 0.3) is 0 Å². The molecule has 5 heteroatoms. The van der Waals surface area contributed by atoms with E-state index in [4.69, 9.17) is 0 Å². The van der Waals surface area contributed by atoms with Gasteiger partial charge in [-0.15, -0.1) is 0 Å². The summed E-state index contributed by atoms with van der Waals surface area (Å²) in [5, 5.41) is 0. The third-order valence-corrected chi connectivity index (χ3v) is 3.01. The van der Waals surface area contributed by atoms with Crippen LogP contribution in [0.25, 0.3) is 0 Å². The highest BCUT2D eigenvalue weighted by Crippen LogP contribution is 2.36. The molecule has 0 aromatic heterocycles. The monoisotopic (exact) mass is 219 g/mol. The van der Waals surface area contributed by atoms with Crippen molar-refractivity contribution in [2.24, 2.45) is 5.92 Å². The number of hydrogen-bond donors (Lipinski definition) is 0. The summed E-state index contributed by atoms with van der Waals surface area (Å²) in [6, 6.07) is 0. The largest absolute Gasteiger partial charge is 0.393 e. The molecule has 1 fully saturated rings. The van der Waals surface area contributed by atoms with Crippen molar-refractivity contribution in [3.8, 4) is 0 Å². The van der Waals surface area contributed by atoms with Crippen molar-refractivity contribution in [2.45, 2.75) is 25.4 Å². The second-order valence-electron chi connectivity index (χ2n) is 4.08. The molecule has 15 heavy (non-hydrogen) atoms. The number of carbonyl (C=O) groups is 1. The van der Waals surface area contributed by atoms with Crippen LogP contribution in [-0.4, -0.2) is 29.9 Å². The Morgan fingerprint density at radius 3 is 2.53 bits per heavy atom. The summed E-state index contributed by atoms with van der Waals surface area (Å²) in [7, 11) is 0. The highest BCUT2D eigenvalue weighted by Gasteiger charge is 2.44. The first kappa shape index (κ1) is 10.5. The Kier molecular flexibility index (Phi) is 2.48. The normalized spacial score (nSPS) is 27.4. The van der Waals surface area contributed by atoms with E-state index >= 15 is 0 Å². The van der Waals surface area contributed by atoms with Gasteiger partial charge in [0.05, 0.1) is 5.92 Å². The fourth-order valence-electron chi connectivity index (χ4n) is 2.12. The minimum atomic E-state index is -4.10. The third kappa shape index (κ3) is 2.16. The first-order chi connectivity index (χ1) is 6.97. The van der Waals surface area contributed by atoms with Crippen LogP contribution in [0.3, 0.4) is 0 Å². The molecule has 0 radical (unpaired) electrons. The fraction of sp³-hybridized carbons (Fsp3) is 0.700. The fourth-order valence-corrected chi connectivity index (χ4v) is 2.12. The summed E-state index contributed by atoms with van der Waals surface area (Å²) in [5.74, 6) is -1.20. The van der Waals surface area contributed by atoms with E-state index in [0.29, 0.717) is 19.4 Å². The molecular formula is C10H12F3NO. The standard InChI is InChI=1S/C10H12F3NO/c11-10(12,13)7-3-4-14(6-7)8-1-2-9(15)5-8/h5,7H,1-4,6H2. The number of carbonyl (C=O) groups excluding carboxylic acids is 1. The number of allylic oxidation sites excluding steroid dienone is 2. The van der Waals surface area contributed by atoms with Gasteiger partial charge in [-0.2, -0.15) is 13.2 Å². The van der Waals surface area contributed by atoms with E-state index in [0.717, 1.165) is 5.70 Å². The van der Waals surface area contributed by atoms with E-state index in [9.17, 15) is 18.0 Å². The minimum Gasteiger partial charge on any atom is -0.374 e. The lowest BCUT2D eigenvalue weighted by molar-refractivity contribution is -0.170. The van der Waals surface area contributed by atoms with Crippen molar-refractivity contribution in [1.29, 1.82) is 0 Å². The van der Waals surface area contributed by atoms with Gasteiger partial charge in [-0.3, -0.25) is 4.79 Å². The first-order valence-corrected chi connectivity index (χ1v) is 5.02. The van der Waals surface area contributed by atoms with Gasteiger partial charge in [-0.1, -0.05) is 0 Å². The molecule has 1 saturated heterocycles. The highest BCUT2D eigenvalue weighted by atomic mass is 19.4. The lowest BCUT2D eigenvalue weighted by Crippen LogP contribution is -2.26. The number of rotatable bonds is 1. The minimum absolute atomic E-state index is 0.0165. The zero-order chi connectivity index (χ0) is 11.1. The van der Waals surface area contributed by atoms with Gasteiger partial charge in [0.15, 0.2) is 5.78 Å². The van der Waals surface area contributed by atoms with Crippen LogP contribution in [0.15, 0.2) is 11.8 Å². The quantitative estimate of drug-likeness (QED) is 0.673. The van der Waals surface area contributed by atoms with E-state index in [1.54, 1.807) is 4.90 Å². The average Bonchev–Trinajstić information content (AvgIpc) is 2.69. The van der Waals surface area contributed by atoms with Crippen molar-refractivity contribution >= 4 is 5.78 Å². The molecule has 1 aliphatic carbocycles. The second-order valence-corrected chi connectivity index (χ2v) is 4.08. The Hall–Kier alpha value is -1.00. The number of ketones is 1. The van der Waals surface area contributed by atoms with Gasteiger partial charge in [0.2, 0.25) is 0 Å². The molecule has 0 amide bonds. The SMILES string of the molecule is O=C1C=C(N2CCC(C(F)(F)F)C2)CC1. The summed E-state index contributed by atoms with van der Waals surface area (Å²) < 4.78 is 37.2. The van der Waals surface area contributed by atoms with Crippen LogP contribution >= 0.6 is 0 Å². The van der Waals surface area contributed by atoms with E-state index in [2.05, 4.69) is 0 Å². The smallest absolute Gasteiger partial charge is 0.374 e. The van der Waals surface area contributed by atoms with Gasteiger partial charge in [-0.05, 0) is 12.8 Å². The number of halogens is 3. The molecule has 2 nitrogen and oxygen atoms in total. The van der Waals surface area contributed by atoms with Gasteiger partial charge in [0, 0.05) is 31.3 Å². The topological polar surface area (TPSA) is 20.3 Å². The van der Waals surface area contributed by atoms with Crippen LogP contribution in [-0.2, 0) is 4.79 Å². The Bertz CT molecular complexity index is 308. The summed E-state index contributed by atoms with van der Waals surface area (Å²) >= 11 is 0. The Balaban J connectivity index is 1.99. The number of nitrogens with zero attached hydrogens (tertiary/aromatic N) is 1. The molecule has 1 atom stereocenters. The van der Waals surface area contributed by atoms with Crippen molar-refractivity contribution in [2.75, 3.05) is 13.1 Å². The zero-order valence-corrected chi connectivity index (χ0v) is 8.18. The molecule has 0 N–H and O–H groups in total. The van der Waals surface area contributed by atoms with Crippen LogP contribution in [0.5, 0.6) is 0 Å². The average molecular weight is 219 g/mol. The Morgan fingerprint density at radius 1 is 1.33 bits per heavy atom. The van der Waals surface area contributed by atoms with Crippen LogP contribution in [0.4, 0.5) is 13.2 Å². The van der Waals surface area contributed by atoms with Crippen LogP contribution in [0.1, 0.15) is 19.3 Å². The van der Waals surface area contributed by atoms with Crippen molar-refractivity contribution in [3.63, 3.8) is 0 Å². The Labute approximate surface area is 85.7 Å². The summed E-state index contributed by atoms with van der Waals surface area (Å²) in [4.78, 5) is 12.7. The molecule has 1 aliphatic heterocycles. The molecule has 0 bridgehead atoms. The molecule has 1 unspecified atom stereocenters. The predicted molar refractivity (Wildman–Crippen MR) is 48.1 cm³/mol. The molecule has 0 aromatic rings. The van der Waals surface area contributed by atoms with E-state index in [1.165, 1.54) is 6.08 Å². The maximum atomic E-state index is 12.4. The van der Waals surface area contributed by atoms with Crippen LogP contribution < -0.4 is 0 Å². The number of likely N-dealkylation sites (tertiary alicyclic amines) is 1. The summed E-state index contributed by atoms with van der Waals surface area (Å²) in [6.07, 6.45) is -1.42. The lowest BCUT2D eigenvalue weighted by Gasteiger charge is -2.20. The van der Waals surface area contributed by atoms with Crippen molar-refractivity contribution in [3.05, 3.63) is 11.8 Å². The molecule has 2 aliphatic rings. The van der Waals surface area contributed by atoms with Crippen LogP contribution in [0.2, 0.25) is 0 Å². The second kappa shape index (κ2) is 3.54. The van der Waals surface area contributed by atoms with Crippen molar-refractivity contribution in [1.82, 2.24) is 4.90 Å². The highest BCUT2D eigenvalue weighted by molar-refractivity contribution is 5.92. The number of hydrogen-bond acceptors (Lipinski definition) is 2. The Morgan fingerprint density at radius 2 is 2.07 bits per heavy atom. The molecule has 0 aromatic carbocycles. The number of alkyl halides is 3. The lowest BCUT2D eigenvalue weighted by atomic mass is 10.1. The molecule has 0 spiro atoms. The van der Waals surface area contributed by atoms with E-state index in [1.807, 2.05) is 0 Å². The van der Waals surface area contributed by atoms with Crippen LogP contribution in [0, 0.1) is 5.92 Å². The predicted octanol–water partition coefficient (Wildman–Crippen LogP) is 2.12. The van der Waals surface area contributed by atoms with E-state index < -0.39 is 12.1 Å². The van der Waals surface area contributed by atoms with Gasteiger partial charge in [-0.25, -0.2) is 0 Å². The summed E-state index contributed by atoms with van der Waals surface area (Å²) in [6.45, 7) is 0.436. The van der Waals surface area contributed by atoms with Gasteiger partial charge < -0.3 is 4.90 Å². The molecule has 0 saturated carbocycles. The molecule has 84 valence electrons. The maximum absolute atomic E-state index is 12.4. The summed E-state index contributed by atoms with van der Waals surface area (Å²) in [5.41, 5.74) is 0.784. The third-order valence-electron chi connectivity index (χ3n) is 3.01. The molecule has 1 heterocycles. The van der Waals surface area contributed by atoms with Gasteiger partial charge >= 0.3 is 6.18 Å². The van der Waals surface area contributed by atoms with Crippen molar-refractivity contribution < 1.29 is 18.0 Å². The molecular weight excluding hydrogens is 207 g/mol. The maximum Gasteiger partial charge on any atom is 0.393 e. The van der Waals surface area contributed by atoms with Gasteiger partial charge in [0.1, 0.15) is 0 Å². The van der Waals surface area contributed by atoms with E-state index in [-0.39, 0.29) is 18.7 Å². The zero-order valence-electron chi connectivity index (χ0n) is 8.18. The first-order valence-electron chi connectivity index (χ1n) is 5.02. The molecule has 2 rings (SSSR count).